The highest BCUT2D eigenvalue weighted by Crippen LogP contribution is 2.40. The molecular weight excluding hydrogens is 328 g/mol. The Morgan fingerprint density at radius 1 is 1.31 bits per heavy atom. The Morgan fingerprint density at radius 3 is 2.88 bits per heavy atom. The summed E-state index contributed by atoms with van der Waals surface area (Å²) < 4.78 is 11.1. The summed E-state index contributed by atoms with van der Waals surface area (Å²) in [5.41, 5.74) is 3.00. The van der Waals surface area contributed by atoms with E-state index in [1.807, 2.05) is 11.0 Å². The molecule has 1 aromatic carbocycles. The minimum Gasteiger partial charge on any atom is -0.381 e. The van der Waals surface area contributed by atoms with Crippen LogP contribution in [0, 0.1) is 12.8 Å². The zero-order valence-corrected chi connectivity index (χ0v) is 15.5. The standard InChI is InChI=1S/C21H26N2O3/c1-14-4-3-5-15(10-14)11-17-13-23(9-8-19(17)25-2)21(24)18-12-20(26-22-18)16-6-7-16/h3-5,10,12,16-17,19H,6-9,11,13H2,1-2H3/t17-,19-/m0/s1. The minimum absolute atomic E-state index is 0.0237. The third kappa shape index (κ3) is 3.68. The maximum atomic E-state index is 12.9. The van der Waals surface area contributed by atoms with Crippen molar-refractivity contribution in [2.75, 3.05) is 20.2 Å². The van der Waals surface area contributed by atoms with Crippen LogP contribution in [0.5, 0.6) is 0 Å². The van der Waals surface area contributed by atoms with E-state index in [0.717, 1.165) is 31.4 Å². The molecule has 2 atom stereocenters. The number of aryl methyl sites for hydroxylation is 1. The Labute approximate surface area is 154 Å². The number of ether oxygens (including phenoxy) is 1. The lowest BCUT2D eigenvalue weighted by atomic mass is 9.88. The number of rotatable bonds is 5. The topological polar surface area (TPSA) is 55.6 Å². The molecule has 1 aliphatic carbocycles. The largest absolute Gasteiger partial charge is 0.381 e. The van der Waals surface area contributed by atoms with E-state index in [2.05, 4.69) is 36.3 Å². The molecule has 2 aromatic rings. The van der Waals surface area contributed by atoms with Gasteiger partial charge in [-0.05, 0) is 38.2 Å². The number of amides is 1. The molecule has 1 amide bonds. The van der Waals surface area contributed by atoms with Gasteiger partial charge in [-0.25, -0.2) is 0 Å². The molecule has 0 bridgehead atoms. The SMILES string of the molecule is CO[C@H]1CCN(C(=O)c2cc(C3CC3)on2)C[C@@H]1Cc1cccc(C)c1. The van der Waals surface area contributed by atoms with Gasteiger partial charge in [0, 0.05) is 38.1 Å². The van der Waals surface area contributed by atoms with Crippen molar-refractivity contribution in [1.29, 1.82) is 0 Å². The number of likely N-dealkylation sites (tertiary alicyclic amines) is 1. The maximum Gasteiger partial charge on any atom is 0.276 e. The lowest BCUT2D eigenvalue weighted by Gasteiger charge is -2.37. The smallest absolute Gasteiger partial charge is 0.276 e. The number of hydrogen-bond donors (Lipinski definition) is 0. The van der Waals surface area contributed by atoms with E-state index >= 15 is 0 Å². The molecule has 1 aliphatic heterocycles. The molecule has 5 nitrogen and oxygen atoms in total. The van der Waals surface area contributed by atoms with Gasteiger partial charge in [0.2, 0.25) is 0 Å². The van der Waals surface area contributed by atoms with Gasteiger partial charge in [-0.1, -0.05) is 35.0 Å². The third-order valence-corrected chi connectivity index (χ3v) is 5.56. The zero-order chi connectivity index (χ0) is 18.1. The quantitative estimate of drug-likeness (QED) is 0.823. The van der Waals surface area contributed by atoms with E-state index in [9.17, 15) is 4.79 Å². The van der Waals surface area contributed by atoms with Crippen molar-refractivity contribution in [3.8, 4) is 0 Å². The normalized spacial score (nSPS) is 23.2. The average Bonchev–Trinajstić information content (AvgIpc) is 3.38. The fourth-order valence-corrected chi connectivity index (χ4v) is 3.96. The first kappa shape index (κ1) is 17.3. The number of hydrogen-bond acceptors (Lipinski definition) is 4. The highest BCUT2D eigenvalue weighted by atomic mass is 16.5. The molecule has 4 rings (SSSR count). The Morgan fingerprint density at radius 2 is 2.15 bits per heavy atom. The first-order chi connectivity index (χ1) is 12.6. The highest BCUT2D eigenvalue weighted by Gasteiger charge is 2.34. The summed E-state index contributed by atoms with van der Waals surface area (Å²) in [5, 5.41) is 4.01. The van der Waals surface area contributed by atoms with Crippen LogP contribution in [0.4, 0.5) is 0 Å². The van der Waals surface area contributed by atoms with E-state index in [1.54, 1.807) is 7.11 Å². The van der Waals surface area contributed by atoms with Crippen molar-refractivity contribution in [3.05, 3.63) is 52.9 Å². The first-order valence-electron chi connectivity index (χ1n) is 9.48. The summed E-state index contributed by atoms with van der Waals surface area (Å²) in [6, 6.07) is 10.4. The number of aromatic nitrogens is 1. The average molecular weight is 354 g/mol. The molecule has 1 saturated carbocycles. The summed E-state index contributed by atoms with van der Waals surface area (Å²) in [6.45, 7) is 3.50. The van der Waals surface area contributed by atoms with E-state index in [-0.39, 0.29) is 17.9 Å². The number of carbonyl (C=O) groups is 1. The fourth-order valence-electron chi connectivity index (χ4n) is 3.96. The number of nitrogens with zero attached hydrogens (tertiary/aromatic N) is 2. The summed E-state index contributed by atoms with van der Waals surface area (Å²) in [4.78, 5) is 14.8. The zero-order valence-electron chi connectivity index (χ0n) is 15.5. The lowest BCUT2D eigenvalue weighted by molar-refractivity contribution is -0.00328. The molecule has 0 spiro atoms. The molecule has 0 unspecified atom stereocenters. The summed E-state index contributed by atoms with van der Waals surface area (Å²) in [7, 11) is 1.77. The van der Waals surface area contributed by atoms with Gasteiger partial charge in [-0.3, -0.25) is 4.79 Å². The van der Waals surface area contributed by atoms with Gasteiger partial charge in [-0.15, -0.1) is 0 Å². The Balaban J connectivity index is 1.46. The Bertz CT molecular complexity index is 781. The van der Waals surface area contributed by atoms with Gasteiger partial charge >= 0.3 is 0 Å². The second kappa shape index (κ2) is 7.23. The molecule has 26 heavy (non-hydrogen) atoms. The van der Waals surface area contributed by atoms with Crippen molar-refractivity contribution in [1.82, 2.24) is 10.1 Å². The van der Waals surface area contributed by atoms with Crippen LogP contribution in [-0.4, -0.2) is 42.3 Å². The van der Waals surface area contributed by atoms with Crippen LogP contribution < -0.4 is 0 Å². The molecule has 138 valence electrons. The predicted molar refractivity (Wildman–Crippen MR) is 98.2 cm³/mol. The van der Waals surface area contributed by atoms with Gasteiger partial charge in [0.25, 0.3) is 5.91 Å². The maximum absolute atomic E-state index is 12.9. The van der Waals surface area contributed by atoms with Crippen LogP contribution in [0.3, 0.4) is 0 Å². The van der Waals surface area contributed by atoms with Crippen LogP contribution in [0.15, 0.2) is 34.9 Å². The van der Waals surface area contributed by atoms with E-state index in [4.69, 9.17) is 9.26 Å². The molecule has 2 fully saturated rings. The van der Waals surface area contributed by atoms with Crippen molar-refractivity contribution >= 4 is 5.91 Å². The predicted octanol–water partition coefficient (Wildman–Crippen LogP) is 3.58. The van der Waals surface area contributed by atoms with Crippen LogP contribution in [0.1, 0.15) is 52.6 Å². The molecule has 2 aliphatic rings. The molecule has 0 radical (unpaired) electrons. The first-order valence-corrected chi connectivity index (χ1v) is 9.48. The molecule has 2 heterocycles. The highest BCUT2D eigenvalue weighted by molar-refractivity contribution is 5.92. The van der Waals surface area contributed by atoms with Crippen molar-refractivity contribution in [3.63, 3.8) is 0 Å². The van der Waals surface area contributed by atoms with E-state index in [0.29, 0.717) is 24.7 Å². The number of methoxy groups -OCH3 is 1. The van der Waals surface area contributed by atoms with Gasteiger partial charge in [0.1, 0.15) is 5.76 Å². The molecule has 0 N–H and O–H groups in total. The van der Waals surface area contributed by atoms with E-state index in [1.165, 1.54) is 11.1 Å². The molecule has 1 saturated heterocycles. The van der Waals surface area contributed by atoms with Crippen LogP contribution in [0.25, 0.3) is 0 Å². The van der Waals surface area contributed by atoms with Crippen molar-refractivity contribution in [2.45, 2.75) is 44.6 Å². The monoisotopic (exact) mass is 354 g/mol. The van der Waals surface area contributed by atoms with Crippen molar-refractivity contribution < 1.29 is 14.1 Å². The summed E-state index contributed by atoms with van der Waals surface area (Å²) in [6.07, 6.45) is 4.22. The van der Waals surface area contributed by atoms with Crippen LogP contribution in [0.2, 0.25) is 0 Å². The Hall–Kier alpha value is -2.14. The number of carbonyl (C=O) groups excluding carboxylic acids is 1. The van der Waals surface area contributed by atoms with Gasteiger partial charge < -0.3 is 14.2 Å². The van der Waals surface area contributed by atoms with E-state index < -0.39 is 0 Å². The summed E-state index contributed by atoms with van der Waals surface area (Å²) >= 11 is 0. The third-order valence-electron chi connectivity index (χ3n) is 5.56. The molecule has 5 heteroatoms. The second-order valence-corrected chi connectivity index (χ2v) is 7.66. The Kier molecular flexibility index (Phi) is 4.81. The fraction of sp³-hybridized carbons (Fsp3) is 0.524. The lowest BCUT2D eigenvalue weighted by Crippen LogP contribution is -2.47. The molecular formula is C21H26N2O3. The van der Waals surface area contributed by atoms with Gasteiger partial charge in [0.15, 0.2) is 5.69 Å². The van der Waals surface area contributed by atoms with Crippen LogP contribution in [-0.2, 0) is 11.2 Å². The van der Waals surface area contributed by atoms with Crippen molar-refractivity contribution in [2.24, 2.45) is 5.92 Å². The van der Waals surface area contributed by atoms with Crippen LogP contribution >= 0.6 is 0 Å². The van der Waals surface area contributed by atoms with Gasteiger partial charge in [0.05, 0.1) is 6.10 Å². The minimum atomic E-state index is -0.0237. The number of benzene rings is 1. The van der Waals surface area contributed by atoms with Gasteiger partial charge in [-0.2, -0.15) is 0 Å². The second-order valence-electron chi connectivity index (χ2n) is 7.66. The molecule has 1 aromatic heterocycles. The number of piperidine rings is 1. The summed E-state index contributed by atoms with van der Waals surface area (Å²) in [5.74, 6) is 1.59.